The number of anilines is 2. The summed E-state index contributed by atoms with van der Waals surface area (Å²) in [6.45, 7) is 5.80. The van der Waals surface area contributed by atoms with Crippen molar-refractivity contribution in [2.75, 3.05) is 24.1 Å². The van der Waals surface area contributed by atoms with Crippen LogP contribution in [0.3, 0.4) is 0 Å². The van der Waals surface area contributed by atoms with Gasteiger partial charge >= 0.3 is 0 Å². The first-order chi connectivity index (χ1) is 25.7. The number of aryl methyl sites for hydroxylation is 2. The maximum absolute atomic E-state index is 14.4. The largest absolute Gasteiger partial charge is 0.399 e. The lowest BCUT2D eigenvalue weighted by Gasteiger charge is -2.44. The highest BCUT2D eigenvalue weighted by Gasteiger charge is 2.58. The summed E-state index contributed by atoms with van der Waals surface area (Å²) >= 11 is 0. The van der Waals surface area contributed by atoms with Crippen LogP contribution in [0.1, 0.15) is 80.1 Å². The Morgan fingerprint density at radius 2 is 1.38 bits per heavy atom. The zero-order valence-electron chi connectivity index (χ0n) is 30.3. The van der Waals surface area contributed by atoms with Crippen molar-refractivity contribution in [1.82, 2.24) is 16.0 Å². The molecule has 9 rings (SSSR count). The number of benzene rings is 6. The van der Waals surface area contributed by atoms with Crippen molar-refractivity contribution < 1.29 is 9.59 Å². The minimum atomic E-state index is -0.574. The van der Waals surface area contributed by atoms with Crippen LogP contribution in [0.15, 0.2) is 115 Å². The van der Waals surface area contributed by atoms with E-state index >= 15 is 0 Å². The second kappa shape index (κ2) is 12.8. The van der Waals surface area contributed by atoms with Gasteiger partial charge in [-0.05, 0) is 113 Å². The third-order valence-corrected chi connectivity index (χ3v) is 12.1. The summed E-state index contributed by atoms with van der Waals surface area (Å²) < 4.78 is 0. The number of hydrogen-bond donors (Lipinski definition) is 5. The molecule has 0 spiro atoms. The van der Waals surface area contributed by atoms with Gasteiger partial charge in [-0.15, -0.1) is 0 Å². The van der Waals surface area contributed by atoms with Gasteiger partial charge in [-0.3, -0.25) is 9.59 Å². The Morgan fingerprint density at radius 1 is 0.698 bits per heavy atom. The molecule has 6 aromatic carbocycles. The standard InChI is InChI=1S/C46H45N5O2/c1-28-14-17-33(47)23-38(28)43(52)50-45(20-7-21-45)40-12-6-10-31-22-32(16-19-37(31)40)42-25-46(42,41-13-5-9-30-8-3-4-11-36(30)41)51-44(53)39-24-34(18-15-29(39)2)49-35-26-48-27-35/h3-6,8-19,22-24,35,42,48-49H,7,20-21,25-27,47H2,1-2H3,(H,50,52)(H,51,53). The predicted molar refractivity (Wildman–Crippen MR) is 214 cm³/mol. The summed E-state index contributed by atoms with van der Waals surface area (Å²) in [5, 5.41) is 18.5. The van der Waals surface area contributed by atoms with Crippen LogP contribution in [0.4, 0.5) is 11.4 Å². The van der Waals surface area contributed by atoms with E-state index in [1.54, 1.807) is 6.07 Å². The first-order valence-electron chi connectivity index (χ1n) is 18.8. The molecule has 2 saturated carbocycles. The van der Waals surface area contributed by atoms with Crippen molar-refractivity contribution in [3.05, 3.63) is 154 Å². The highest BCUT2D eigenvalue weighted by Crippen LogP contribution is 2.60. The van der Waals surface area contributed by atoms with E-state index in [0.29, 0.717) is 22.9 Å². The van der Waals surface area contributed by atoms with Crippen molar-refractivity contribution in [2.45, 2.75) is 62.6 Å². The molecule has 0 radical (unpaired) electrons. The zero-order valence-corrected chi connectivity index (χ0v) is 30.3. The Balaban J connectivity index is 1.07. The number of fused-ring (bicyclic) bond motifs is 2. The first-order valence-corrected chi connectivity index (χ1v) is 18.8. The molecule has 2 amide bonds. The maximum atomic E-state index is 14.4. The molecule has 6 N–H and O–H groups in total. The highest BCUT2D eigenvalue weighted by molar-refractivity contribution is 5.99. The minimum Gasteiger partial charge on any atom is -0.399 e. The van der Waals surface area contributed by atoms with Crippen LogP contribution in [0.2, 0.25) is 0 Å². The molecule has 0 aromatic heterocycles. The Bertz CT molecular complexity index is 2420. The van der Waals surface area contributed by atoms with E-state index in [-0.39, 0.29) is 17.7 Å². The highest BCUT2D eigenvalue weighted by atomic mass is 16.2. The van der Waals surface area contributed by atoms with E-state index in [1.807, 2.05) is 38.1 Å². The number of carbonyl (C=O) groups excluding carboxylic acids is 2. The molecular weight excluding hydrogens is 655 g/mol. The lowest BCUT2D eigenvalue weighted by atomic mass is 9.70. The third kappa shape index (κ3) is 5.80. The van der Waals surface area contributed by atoms with Crippen LogP contribution in [0, 0.1) is 13.8 Å². The van der Waals surface area contributed by atoms with Crippen LogP contribution in [0.25, 0.3) is 21.5 Å². The summed E-state index contributed by atoms with van der Waals surface area (Å²) in [4.78, 5) is 28.0. The van der Waals surface area contributed by atoms with E-state index in [1.165, 1.54) is 5.56 Å². The SMILES string of the molecule is Cc1ccc(N)cc1C(=O)NC1(c2cccc3cc(C4CC4(NC(=O)c4cc(NC5CNC5)ccc4C)c4cccc5ccccc45)ccc23)CCC1. The molecule has 7 nitrogen and oxygen atoms in total. The normalized spacial score (nSPS) is 20.3. The summed E-state index contributed by atoms with van der Waals surface area (Å²) in [7, 11) is 0. The molecule has 7 heteroatoms. The van der Waals surface area contributed by atoms with E-state index in [4.69, 9.17) is 5.73 Å². The molecule has 53 heavy (non-hydrogen) atoms. The monoisotopic (exact) mass is 699 g/mol. The average Bonchev–Trinajstić information content (AvgIpc) is 3.86. The second-order valence-corrected chi connectivity index (χ2v) is 15.5. The number of nitrogen functional groups attached to an aromatic ring is 1. The molecule has 2 aliphatic carbocycles. The number of nitrogens with one attached hydrogen (secondary N) is 4. The van der Waals surface area contributed by atoms with E-state index < -0.39 is 11.1 Å². The third-order valence-electron chi connectivity index (χ3n) is 12.1. The fourth-order valence-electron chi connectivity index (χ4n) is 8.73. The van der Waals surface area contributed by atoms with Crippen LogP contribution in [-0.4, -0.2) is 30.9 Å². The van der Waals surface area contributed by atoms with Gasteiger partial charge in [-0.1, -0.05) is 91.0 Å². The summed E-state index contributed by atoms with van der Waals surface area (Å²) in [6.07, 6.45) is 3.61. The number of nitrogens with two attached hydrogens (primary N) is 1. The number of rotatable bonds is 9. The van der Waals surface area contributed by atoms with Crippen molar-refractivity contribution in [2.24, 2.45) is 0 Å². The molecule has 3 fully saturated rings. The van der Waals surface area contributed by atoms with Crippen LogP contribution >= 0.6 is 0 Å². The second-order valence-electron chi connectivity index (χ2n) is 15.5. The van der Waals surface area contributed by atoms with Gasteiger partial charge in [-0.2, -0.15) is 0 Å². The van der Waals surface area contributed by atoms with Gasteiger partial charge in [0.2, 0.25) is 0 Å². The fraction of sp³-hybridized carbons (Fsp3) is 0.261. The van der Waals surface area contributed by atoms with Gasteiger partial charge in [0.25, 0.3) is 11.8 Å². The topological polar surface area (TPSA) is 108 Å². The minimum absolute atomic E-state index is 0.0607. The molecule has 2 unspecified atom stereocenters. The molecule has 6 aromatic rings. The Hall–Kier alpha value is -5.66. The number of amides is 2. The van der Waals surface area contributed by atoms with E-state index in [0.717, 1.165) is 88.3 Å². The van der Waals surface area contributed by atoms with Crippen LogP contribution in [-0.2, 0) is 11.1 Å². The van der Waals surface area contributed by atoms with Crippen molar-refractivity contribution in [3.63, 3.8) is 0 Å². The molecule has 266 valence electrons. The smallest absolute Gasteiger partial charge is 0.252 e. The molecule has 3 aliphatic rings. The molecule has 1 saturated heterocycles. The van der Waals surface area contributed by atoms with E-state index in [9.17, 15) is 9.59 Å². The van der Waals surface area contributed by atoms with Crippen molar-refractivity contribution >= 4 is 44.7 Å². The Labute approximate surface area is 310 Å². The van der Waals surface area contributed by atoms with Gasteiger partial charge in [-0.25, -0.2) is 0 Å². The van der Waals surface area contributed by atoms with Gasteiger partial charge in [0.1, 0.15) is 0 Å². The van der Waals surface area contributed by atoms with Gasteiger partial charge in [0, 0.05) is 41.5 Å². The summed E-state index contributed by atoms with van der Waals surface area (Å²) in [6, 6.07) is 40.0. The Kier molecular flexibility index (Phi) is 8.00. The molecule has 1 aliphatic heterocycles. The Morgan fingerprint density at radius 3 is 2.13 bits per heavy atom. The summed E-state index contributed by atoms with van der Waals surface area (Å²) in [5.74, 6) is -0.0698. The predicted octanol–water partition coefficient (Wildman–Crippen LogP) is 8.20. The van der Waals surface area contributed by atoms with Gasteiger partial charge < -0.3 is 27.0 Å². The molecular formula is C46H45N5O2. The number of hydrogen-bond acceptors (Lipinski definition) is 5. The fourth-order valence-corrected chi connectivity index (χ4v) is 8.73. The average molecular weight is 700 g/mol. The number of carbonyl (C=O) groups is 2. The molecule has 2 atom stereocenters. The summed E-state index contributed by atoms with van der Waals surface area (Å²) in [5.41, 5.74) is 13.3. The maximum Gasteiger partial charge on any atom is 0.252 e. The van der Waals surface area contributed by atoms with Crippen LogP contribution in [0.5, 0.6) is 0 Å². The van der Waals surface area contributed by atoms with Gasteiger partial charge in [0.05, 0.1) is 17.1 Å². The van der Waals surface area contributed by atoms with E-state index in [2.05, 4.69) is 106 Å². The first kappa shape index (κ1) is 33.2. The van der Waals surface area contributed by atoms with Crippen molar-refractivity contribution in [3.8, 4) is 0 Å². The van der Waals surface area contributed by atoms with Crippen LogP contribution < -0.4 is 27.0 Å². The lowest BCUT2D eigenvalue weighted by molar-refractivity contribution is 0.0824. The van der Waals surface area contributed by atoms with Gasteiger partial charge in [0.15, 0.2) is 0 Å². The van der Waals surface area contributed by atoms with Crippen molar-refractivity contribution in [1.29, 1.82) is 0 Å². The lowest BCUT2D eigenvalue weighted by Crippen LogP contribution is -2.51. The molecule has 1 heterocycles. The zero-order chi connectivity index (χ0) is 36.3. The molecule has 0 bridgehead atoms. The quantitative estimate of drug-likeness (QED) is 0.0979.